The summed E-state index contributed by atoms with van der Waals surface area (Å²) < 4.78 is 28.4. The van der Waals surface area contributed by atoms with Crippen molar-refractivity contribution in [1.82, 2.24) is 4.31 Å². The molecule has 3 nitrogen and oxygen atoms in total. The Balaban J connectivity index is 1.61. The van der Waals surface area contributed by atoms with Crippen LogP contribution >= 0.6 is 0 Å². The van der Waals surface area contributed by atoms with Gasteiger partial charge in [0.25, 0.3) is 0 Å². The van der Waals surface area contributed by atoms with Crippen molar-refractivity contribution in [1.29, 1.82) is 0 Å². The fourth-order valence-corrected chi connectivity index (χ4v) is 5.94. The standard InChI is InChI=1S/C30H27NO2S/c1-4-23-10-12-24(13-11-23)14-17-28-27-7-5-6-22(3)29(27)18-25-19-31(20-30(25)28)34(32,33)26-15-8-21(2)9-16-26/h5-13,15-16,18H,4,19-20H2,1-3H3. The molecule has 1 heterocycles. The first kappa shape index (κ1) is 22.4. The molecule has 5 rings (SSSR count). The van der Waals surface area contributed by atoms with E-state index in [1.165, 1.54) is 5.56 Å². The Labute approximate surface area is 202 Å². The Morgan fingerprint density at radius 2 is 1.59 bits per heavy atom. The number of hydrogen-bond donors (Lipinski definition) is 0. The van der Waals surface area contributed by atoms with Crippen LogP contribution in [0, 0.1) is 25.7 Å². The van der Waals surface area contributed by atoms with Gasteiger partial charge in [-0.1, -0.05) is 66.8 Å². The van der Waals surface area contributed by atoms with Crippen molar-refractivity contribution in [3.05, 3.63) is 112 Å². The van der Waals surface area contributed by atoms with Crippen LogP contribution in [-0.2, 0) is 29.5 Å². The molecule has 170 valence electrons. The van der Waals surface area contributed by atoms with E-state index >= 15 is 0 Å². The minimum atomic E-state index is -3.60. The molecule has 0 N–H and O–H groups in total. The Hall–Kier alpha value is -3.39. The van der Waals surface area contributed by atoms with Gasteiger partial charge in [-0.3, -0.25) is 0 Å². The van der Waals surface area contributed by atoms with Gasteiger partial charge < -0.3 is 0 Å². The maximum Gasteiger partial charge on any atom is 0.243 e. The number of rotatable bonds is 3. The summed E-state index contributed by atoms with van der Waals surface area (Å²) in [4.78, 5) is 0.329. The fourth-order valence-electron chi connectivity index (χ4n) is 4.55. The maximum atomic E-state index is 13.4. The van der Waals surface area contributed by atoms with Crippen LogP contribution in [0.3, 0.4) is 0 Å². The Bertz CT molecular complexity index is 1560. The molecule has 0 amide bonds. The molecule has 0 bridgehead atoms. The van der Waals surface area contributed by atoms with Gasteiger partial charge in [0.15, 0.2) is 0 Å². The lowest BCUT2D eigenvalue weighted by Gasteiger charge is -2.15. The molecule has 0 spiro atoms. The second-order valence-corrected chi connectivity index (χ2v) is 10.9. The van der Waals surface area contributed by atoms with E-state index in [1.807, 2.05) is 25.1 Å². The van der Waals surface area contributed by atoms with E-state index in [9.17, 15) is 8.42 Å². The third kappa shape index (κ3) is 4.03. The second kappa shape index (κ2) is 8.76. The number of sulfonamides is 1. The predicted molar refractivity (Wildman–Crippen MR) is 138 cm³/mol. The largest absolute Gasteiger partial charge is 0.243 e. The first-order chi connectivity index (χ1) is 16.4. The smallest absolute Gasteiger partial charge is 0.207 e. The highest BCUT2D eigenvalue weighted by atomic mass is 32.2. The van der Waals surface area contributed by atoms with Gasteiger partial charge in [0.1, 0.15) is 0 Å². The number of aryl methyl sites for hydroxylation is 3. The van der Waals surface area contributed by atoms with Crippen molar-refractivity contribution in [2.24, 2.45) is 0 Å². The van der Waals surface area contributed by atoms with E-state index in [0.29, 0.717) is 18.0 Å². The average molecular weight is 466 g/mol. The van der Waals surface area contributed by atoms with E-state index in [4.69, 9.17) is 0 Å². The molecule has 4 heteroatoms. The first-order valence-electron chi connectivity index (χ1n) is 11.6. The quantitative estimate of drug-likeness (QED) is 0.342. The molecule has 1 aliphatic rings. The summed E-state index contributed by atoms with van der Waals surface area (Å²) in [6.07, 6.45) is 0.995. The highest BCUT2D eigenvalue weighted by molar-refractivity contribution is 7.89. The SMILES string of the molecule is CCc1ccc(C#Cc2c3c(cc4c(C)cccc24)CN(S(=O)(=O)c2ccc(C)cc2)C3)cc1. The molecular formula is C30H27NO2S. The molecular weight excluding hydrogens is 438 g/mol. The molecule has 0 saturated carbocycles. The van der Waals surface area contributed by atoms with E-state index < -0.39 is 10.0 Å². The van der Waals surface area contributed by atoms with E-state index in [1.54, 1.807) is 16.4 Å². The Morgan fingerprint density at radius 1 is 0.853 bits per heavy atom. The zero-order valence-corrected chi connectivity index (χ0v) is 20.5. The van der Waals surface area contributed by atoms with Crippen LogP contribution in [-0.4, -0.2) is 12.7 Å². The maximum absolute atomic E-state index is 13.4. The van der Waals surface area contributed by atoms with Gasteiger partial charge in [-0.25, -0.2) is 8.42 Å². The van der Waals surface area contributed by atoms with E-state index in [0.717, 1.165) is 50.6 Å². The van der Waals surface area contributed by atoms with Gasteiger partial charge in [0.2, 0.25) is 10.0 Å². The minimum Gasteiger partial charge on any atom is -0.207 e. The third-order valence-corrected chi connectivity index (χ3v) is 8.44. The van der Waals surface area contributed by atoms with Crippen molar-refractivity contribution >= 4 is 20.8 Å². The zero-order valence-electron chi connectivity index (χ0n) is 19.7. The monoisotopic (exact) mass is 465 g/mol. The predicted octanol–water partition coefficient (Wildman–Crippen LogP) is 6.12. The van der Waals surface area contributed by atoms with Crippen LogP contribution in [0.4, 0.5) is 0 Å². The summed E-state index contributed by atoms with van der Waals surface area (Å²) in [5.41, 5.74) is 7.40. The average Bonchev–Trinajstić information content (AvgIpc) is 3.28. The first-order valence-corrected chi connectivity index (χ1v) is 13.0. The molecule has 0 aromatic heterocycles. The number of fused-ring (bicyclic) bond motifs is 2. The van der Waals surface area contributed by atoms with Crippen LogP contribution in [0.1, 0.15) is 45.9 Å². The van der Waals surface area contributed by atoms with Crippen molar-refractivity contribution < 1.29 is 8.42 Å². The fraction of sp³-hybridized carbons (Fsp3) is 0.200. The minimum absolute atomic E-state index is 0.328. The molecule has 0 atom stereocenters. The summed E-state index contributed by atoms with van der Waals surface area (Å²) in [5.74, 6) is 6.74. The lowest BCUT2D eigenvalue weighted by molar-refractivity contribution is 0.431. The van der Waals surface area contributed by atoms with Crippen molar-refractivity contribution in [2.75, 3.05) is 0 Å². The van der Waals surface area contributed by atoms with Gasteiger partial charge in [-0.05, 0) is 83.6 Å². The molecule has 34 heavy (non-hydrogen) atoms. The second-order valence-electron chi connectivity index (χ2n) is 8.95. The molecule has 0 unspecified atom stereocenters. The summed E-state index contributed by atoms with van der Waals surface area (Å²) >= 11 is 0. The molecule has 4 aromatic carbocycles. The molecule has 0 fully saturated rings. The normalized spacial score (nSPS) is 13.5. The lowest BCUT2D eigenvalue weighted by Crippen LogP contribution is -2.25. The third-order valence-electron chi connectivity index (χ3n) is 6.64. The van der Waals surface area contributed by atoms with E-state index in [2.05, 4.69) is 68.2 Å². The summed E-state index contributed by atoms with van der Waals surface area (Å²) in [6, 6.07) is 23.7. The van der Waals surface area contributed by atoms with Crippen LogP contribution < -0.4 is 0 Å². The topological polar surface area (TPSA) is 37.4 Å². The van der Waals surface area contributed by atoms with E-state index in [-0.39, 0.29) is 0 Å². The molecule has 0 aliphatic carbocycles. The van der Waals surface area contributed by atoms with Gasteiger partial charge >= 0.3 is 0 Å². The lowest BCUT2D eigenvalue weighted by atomic mass is 9.93. The summed E-state index contributed by atoms with van der Waals surface area (Å²) in [6.45, 7) is 6.87. The van der Waals surface area contributed by atoms with Crippen molar-refractivity contribution in [3.63, 3.8) is 0 Å². The van der Waals surface area contributed by atoms with Gasteiger partial charge in [0.05, 0.1) is 4.90 Å². The number of hydrogen-bond acceptors (Lipinski definition) is 2. The zero-order chi connectivity index (χ0) is 23.9. The molecule has 0 radical (unpaired) electrons. The number of nitrogens with zero attached hydrogens (tertiary/aromatic N) is 1. The van der Waals surface area contributed by atoms with Gasteiger partial charge in [0, 0.05) is 24.2 Å². The highest BCUT2D eigenvalue weighted by Crippen LogP contribution is 2.36. The molecule has 1 aliphatic heterocycles. The van der Waals surface area contributed by atoms with Crippen LogP contribution in [0.2, 0.25) is 0 Å². The molecule has 4 aromatic rings. The summed E-state index contributed by atoms with van der Waals surface area (Å²) in [7, 11) is -3.60. The van der Waals surface area contributed by atoms with Crippen LogP contribution in [0.25, 0.3) is 10.8 Å². The molecule has 0 saturated heterocycles. The van der Waals surface area contributed by atoms with Crippen molar-refractivity contribution in [2.45, 2.75) is 45.2 Å². The van der Waals surface area contributed by atoms with Gasteiger partial charge in [-0.15, -0.1) is 0 Å². The summed E-state index contributed by atoms with van der Waals surface area (Å²) in [5, 5.41) is 2.20. The van der Waals surface area contributed by atoms with Crippen LogP contribution in [0.15, 0.2) is 77.7 Å². The van der Waals surface area contributed by atoms with Crippen molar-refractivity contribution in [3.8, 4) is 11.8 Å². The van der Waals surface area contributed by atoms with Crippen LogP contribution in [0.5, 0.6) is 0 Å². The Morgan fingerprint density at radius 3 is 2.29 bits per heavy atom. The highest BCUT2D eigenvalue weighted by Gasteiger charge is 2.32. The van der Waals surface area contributed by atoms with Gasteiger partial charge in [-0.2, -0.15) is 4.31 Å². The number of benzene rings is 4. The Kier molecular flexibility index (Phi) is 5.77.